The van der Waals surface area contributed by atoms with Gasteiger partial charge in [-0.05, 0) is 18.1 Å². The van der Waals surface area contributed by atoms with Crippen LogP contribution in [-0.2, 0) is 9.59 Å². The number of imide groups is 1. The van der Waals surface area contributed by atoms with Crippen LogP contribution in [0.1, 0.15) is 34.7 Å². The van der Waals surface area contributed by atoms with E-state index in [9.17, 15) is 14.4 Å². The number of nitrogens with one attached hydrogen (secondary N) is 1. The molecule has 19 heavy (non-hydrogen) atoms. The molecule has 0 aliphatic carbocycles. The summed E-state index contributed by atoms with van der Waals surface area (Å²) in [6.07, 6.45) is 4.41. The van der Waals surface area contributed by atoms with Gasteiger partial charge in [-0.15, -0.1) is 0 Å². The number of aromatic nitrogens is 3. The number of nitrogens with zero attached hydrogens (tertiary/aromatic N) is 3. The molecular weight excluding hydrogens is 248 g/mol. The summed E-state index contributed by atoms with van der Waals surface area (Å²) < 4.78 is 1.46. The average molecular weight is 258 g/mol. The van der Waals surface area contributed by atoms with Crippen LogP contribution in [0.2, 0.25) is 0 Å². The lowest BCUT2D eigenvalue weighted by molar-refractivity contribution is -0.134. The molecular formula is C12H10N4O3. The van der Waals surface area contributed by atoms with Gasteiger partial charge in [0.15, 0.2) is 11.9 Å². The molecule has 96 valence electrons. The van der Waals surface area contributed by atoms with E-state index in [1.807, 2.05) is 0 Å². The summed E-state index contributed by atoms with van der Waals surface area (Å²) in [6, 6.07) is 1.62. The number of piperidine rings is 1. The molecule has 0 radical (unpaired) electrons. The minimum atomic E-state index is -0.440. The van der Waals surface area contributed by atoms with Crippen LogP contribution in [0.3, 0.4) is 0 Å². The van der Waals surface area contributed by atoms with Crippen molar-refractivity contribution in [1.82, 2.24) is 19.9 Å². The van der Waals surface area contributed by atoms with Gasteiger partial charge in [0, 0.05) is 12.6 Å². The first kappa shape index (κ1) is 11.5. The SMILES string of the molecule is O=Cc1cc(C2CCC(=O)NC2=O)cn2ncnc12. The molecule has 1 N–H and O–H groups in total. The summed E-state index contributed by atoms with van der Waals surface area (Å²) in [6.45, 7) is 0. The molecule has 0 spiro atoms. The maximum absolute atomic E-state index is 11.8. The van der Waals surface area contributed by atoms with Crippen molar-refractivity contribution in [2.24, 2.45) is 0 Å². The Bertz CT molecular complexity index is 691. The molecule has 3 heterocycles. The van der Waals surface area contributed by atoms with Crippen LogP contribution in [-0.4, -0.2) is 32.7 Å². The van der Waals surface area contributed by atoms with Gasteiger partial charge in [0.05, 0.1) is 11.5 Å². The highest BCUT2D eigenvalue weighted by Gasteiger charge is 2.28. The second kappa shape index (κ2) is 4.27. The first-order chi connectivity index (χ1) is 9.19. The van der Waals surface area contributed by atoms with Crippen molar-refractivity contribution in [2.45, 2.75) is 18.8 Å². The second-order valence-electron chi connectivity index (χ2n) is 4.38. The highest BCUT2D eigenvalue weighted by atomic mass is 16.2. The number of hydrogen-bond donors (Lipinski definition) is 1. The number of carbonyl (C=O) groups is 3. The van der Waals surface area contributed by atoms with E-state index in [1.165, 1.54) is 10.8 Å². The predicted molar refractivity (Wildman–Crippen MR) is 63.5 cm³/mol. The fourth-order valence-corrected chi connectivity index (χ4v) is 2.26. The van der Waals surface area contributed by atoms with E-state index in [-0.39, 0.29) is 11.8 Å². The fraction of sp³-hybridized carbons (Fsp3) is 0.250. The fourth-order valence-electron chi connectivity index (χ4n) is 2.26. The molecule has 1 unspecified atom stereocenters. The van der Waals surface area contributed by atoms with Crippen molar-refractivity contribution in [3.63, 3.8) is 0 Å². The number of pyridine rings is 1. The molecule has 1 aliphatic rings. The lowest BCUT2D eigenvalue weighted by Gasteiger charge is -2.21. The van der Waals surface area contributed by atoms with Gasteiger partial charge in [0.1, 0.15) is 6.33 Å². The zero-order valence-corrected chi connectivity index (χ0v) is 9.87. The Labute approximate surface area is 107 Å². The Balaban J connectivity index is 2.07. The van der Waals surface area contributed by atoms with Crippen molar-refractivity contribution in [2.75, 3.05) is 0 Å². The lowest BCUT2D eigenvalue weighted by Crippen LogP contribution is -2.39. The Morgan fingerprint density at radius 3 is 3.00 bits per heavy atom. The third-order valence-corrected chi connectivity index (χ3v) is 3.19. The quantitative estimate of drug-likeness (QED) is 0.607. The number of hydrogen-bond acceptors (Lipinski definition) is 5. The minimum absolute atomic E-state index is 0.265. The molecule has 7 heteroatoms. The largest absolute Gasteiger partial charge is 0.298 e. The van der Waals surface area contributed by atoms with Crippen LogP contribution >= 0.6 is 0 Å². The molecule has 0 saturated carbocycles. The Morgan fingerprint density at radius 2 is 2.26 bits per heavy atom. The summed E-state index contributed by atoms with van der Waals surface area (Å²) in [5, 5.41) is 6.27. The van der Waals surface area contributed by atoms with E-state index in [0.29, 0.717) is 35.9 Å². The van der Waals surface area contributed by atoms with Crippen LogP contribution < -0.4 is 5.32 Å². The minimum Gasteiger partial charge on any atom is -0.298 e. The van der Waals surface area contributed by atoms with E-state index < -0.39 is 5.92 Å². The average Bonchev–Trinajstić information content (AvgIpc) is 2.85. The first-order valence-electron chi connectivity index (χ1n) is 5.81. The molecule has 1 saturated heterocycles. The lowest BCUT2D eigenvalue weighted by atomic mass is 9.91. The summed E-state index contributed by atoms with van der Waals surface area (Å²) in [4.78, 5) is 38.0. The summed E-state index contributed by atoms with van der Waals surface area (Å²) in [7, 11) is 0. The van der Waals surface area contributed by atoms with E-state index in [1.54, 1.807) is 12.3 Å². The smallest absolute Gasteiger partial charge is 0.234 e. The van der Waals surface area contributed by atoms with E-state index in [0.717, 1.165) is 0 Å². The van der Waals surface area contributed by atoms with Crippen LogP contribution in [0, 0.1) is 0 Å². The third kappa shape index (κ3) is 1.88. The van der Waals surface area contributed by atoms with Gasteiger partial charge in [-0.25, -0.2) is 9.50 Å². The van der Waals surface area contributed by atoms with Crippen molar-refractivity contribution < 1.29 is 14.4 Å². The van der Waals surface area contributed by atoms with E-state index in [4.69, 9.17) is 0 Å². The Hall–Kier alpha value is -2.57. The van der Waals surface area contributed by atoms with Crippen molar-refractivity contribution in [1.29, 1.82) is 0 Å². The number of rotatable bonds is 2. The molecule has 2 aromatic rings. The van der Waals surface area contributed by atoms with Crippen LogP contribution in [0.4, 0.5) is 0 Å². The van der Waals surface area contributed by atoms with Gasteiger partial charge in [0.2, 0.25) is 11.8 Å². The maximum Gasteiger partial charge on any atom is 0.234 e. The van der Waals surface area contributed by atoms with Crippen LogP contribution in [0.25, 0.3) is 5.65 Å². The van der Waals surface area contributed by atoms with Gasteiger partial charge in [-0.1, -0.05) is 0 Å². The molecule has 2 aromatic heterocycles. The molecule has 1 aliphatic heterocycles. The maximum atomic E-state index is 11.8. The van der Waals surface area contributed by atoms with Gasteiger partial charge in [0.25, 0.3) is 0 Å². The zero-order valence-electron chi connectivity index (χ0n) is 9.87. The van der Waals surface area contributed by atoms with Crippen LogP contribution in [0.5, 0.6) is 0 Å². The van der Waals surface area contributed by atoms with E-state index in [2.05, 4.69) is 15.4 Å². The number of carbonyl (C=O) groups excluding carboxylic acids is 3. The molecule has 2 amide bonds. The molecule has 1 fully saturated rings. The van der Waals surface area contributed by atoms with Gasteiger partial charge in [-0.2, -0.15) is 5.10 Å². The van der Waals surface area contributed by atoms with Crippen molar-refractivity contribution in [3.05, 3.63) is 29.7 Å². The summed E-state index contributed by atoms with van der Waals surface area (Å²) >= 11 is 0. The number of amides is 2. The van der Waals surface area contributed by atoms with E-state index >= 15 is 0 Å². The zero-order chi connectivity index (χ0) is 13.4. The molecule has 3 rings (SSSR count). The van der Waals surface area contributed by atoms with Gasteiger partial charge in [-0.3, -0.25) is 19.7 Å². The summed E-state index contributed by atoms with van der Waals surface area (Å²) in [5.41, 5.74) is 1.48. The van der Waals surface area contributed by atoms with Crippen molar-refractivity contribution in [3.8, 4) is 0 Å². The predicted octanol–water partition coefficient (Wildman–Crippen LogP) is 0.0620. The number of aldehydes is 1. The number of fused-ring (bicyclic) bond motifs is 1. The van der Waals surface area contributed by atoms with Crippen molar-refractivity contribution >= 4 is 23.7 Å². The van der Waals surface area contributed by atoms with Gasteiger partial charge < -0.3 is 0 Å². The summed E-state index contributed by atoms with van der Waals surface area (Å²) in [5.74, 6) is -1.05. The van der Waals surface area contributed by atoms with Gasteiger partial charge >= 0.3 is 0 Å². The topological polar surface area (TPSA) is 93.4 Å². The molecule has 0 bridgehead atoms. The highest BCUT2D eigenvalue weighted by molar-refractivity contribution is 6.01. The Morgan fingerprint density at radius 1 is 1.42 bits per heavy atom. The third-order valence-electron chi connectivity index (χ3n) is 3.19. The highest BCUT2D eigenvalue weighted by Crippen LogP contribution is 2.25. The first-order valence-corrected chi connectivity index (χ1v) is 5.81. The standard InChI is InChI=1S/C12H10N4O3/c17-5-8-3-7(4-16-11(8)13-6-14-16)9-1-2-10(18)15-12(9)19/h3-6,9H,1-2H2,(H,15,18,19). The molecule has 0 aromatic carbocycles. The normalized spacial score (nSPS) is 19.5. The molecule has 1 atom stereocenters. The molecule has 7 nitrogen and oxygen atoms in total. The Kier molecular flexibility index (Phi) is 2.59. The van der Waals surface area contributed by atoms with Crippen LogP contribution in [0.15, 0.2) is 18.6 Å². The second-order valence-corrected chi connectivity index (χ2v) is 4.38. The monoisotopic (exact) mass is 258 g/mol.